The zero-order valence-corrected chi connectivity index (χ0v) is 20.5. The average molecular weight is 492 g/mol. The molecule has 2 saturated heterocycles. The molecule has 1 aromatic heterocycles. The third-order valence-corrected chi connectivity index (χ3v) is 8.68. The van der Waals surface area contributed by atoms with Crippen LogP contribution in [0.5, 0.6) is 0 Å². The van der Waals surface area contributed by atoms with Gasteiger partial charge in [0.15, 0.2) is 5.03 Å². The number of piperidine rings is 2. The SMILES string of the molecule is CCn1cnc(S(=O)(=O)N2CCCC(C(=O)NCC3CCN(Cc4ccc(F)cc4)CC3)C2)c1. The largest absolute Gasteiger partial charge is 0.356 e. The fourth-order valence-electron chi connectivity index (χ4n) is 4.74. The Balaban J connectivity index is 1.23. The van der Waals surface area contributed by atoms with Gasteiger partial charge in [0.25, 0.3) is 10.0 Å². The van der Waals surface area contributed by atoms with Gasteiger partial charge in [0.05, 0.1) is 12.2 Å². The van der Waals surface area contributed by atoms with Gasteiger partial charge in [0, 0.05) is 38.9 Å². The van der Waals surface area contributed by atoms with Crippen LogP contribution in [-0.4, -0.2) is 65.8 Å². The standard InChI is InChI=1S/C24H34FN5O3S/c1-2-28-17-23(27-18-28)34(32,33)30-11-3-4-21(16-30)24(31)26-14-19-9-12-29(13-10-19)15-20-5-7-22(25)8-6-20/h5-8,17-19,21H,2-4,9-16H2,1H3,(H,26,31). The number of amides is 1. The quantitative estimate of drug-likeness (QED) is 0.613. The second-order valence-corrected chi connectivity index (χ2v) is 11.2. The van der Waals surface area contributed by atoms with Crippen LogP contribution in [0.3, 0.4) is 0 Å². The summed E-state index contributed by atoms with van der Waals surface area (Å²) < 4.78 is 42.1. The van der Waals surface area contributed by atoms with E-state index in [9.17, 15) is 17.6 Å². The number of nitrogens with one attached hydrogen (secondary N) is 1. The van der Waals surface area contributed by atoms with E-state index in [0.29, 0.717) is 38.4 Å². The molecule has 1 atom stereocenters. The Labute approximate surface area is 201 Å². The molecule has 2 aliphatic heterocycles. The van der Waals surface area contributed by atoms with E-state index in [-0.39, 0.29) is 29.2 Å². The molecule has 0 radical (unpaired) electrons. The lowest BCUT2D eigenvalue weighted by Gasteiger charge is -2.33. The molecule has 186 valence electrons. The maximum absolute atomic E-state index is 13.1. The summed E-state index contributed by atoms with van der Waals surface area (Å²) in [5, 5.41) is 3.12. The molecule has 1 aromatic carbocycles. The van der Waals surface area contributed by atoms with E-state index in [1.807, 2.05) is 19.1 Å². The van der Waals surface area contributed by atoms with E-state index in [1.165, 1.54) is 22.8 Å². The number of carbonyl (C=O) groups excluding carboxylic acids is 1. The van der Waals surface area contributed by atoms with Crippen molar-refractivity contribution in [3.05, 3.63) is 48.2 Å². The Morgan fingerprint density at radius 3 is 2.56 bits per heavy atom. The van der Waals surface area contributed by atoms with E-state index in [4.69, 9.17) is 0 Å². The molecule has 1 unspecified atom stereocenters. The molecule has 0 spiro atoms. The maximum atomic E-state index is 13.1. The van der Waals surface area contributed by atoms with Gasteiger partial charge in [-0.15, -0.1) is 0 Å². The number of nitrogens with zero attached hydrogens (tertiary/aromatic N) is 4. The molecule has 2 aromatic rings. The Hall–Kier alpha value is -2.30. The highest BCUT2D eigenvalue weighted by atomic mass is 32.2. The highest BCUT2D eigenvalue weighted by Gasteiger charge is 2.34. The van der Waals surface area contributed by atoms with Crippen LogP contribution < -0.4 is 5.32 Å². The Morgan fingerprint density at radius 1 is 1.15 bits per heavy atom. The summed E-state index contributed by atoms with van der Waals surface area (Å²) in [6, 6.07) is 6.63. The number of imidazole rings is 1. The predicted molar refractivity (Wildman–Crippen MR) is 127 cm³/mol. The highest BCUT2D eigenvalue weighted by molar-refractivity contribution is 7.89. The van der Waals surface area contributed by atoms with Gasteiger partial charge in [0.2, 0.25) is 5.91 Å². The summed E-state index contributed by atoms with van der Waals surface area (Å²) in [6.45, 7) is 6.50. The fourth-order valence-corrected chi connectivity index (χ4v) is 6.20. The number of benzene rings is 1. The van der Waals surface area contributed by atoms with Crippen LogP contribution in [0.2, 0.25) is 0 Å². The van der Waals surface area contributed by atoms with Gasteiger partial charge in [-0.05, 0) is 69.3 Å². The summed E-state index contributed by atoms with van der Waals surface area (Å²) in [5.74, 6) is -0.206. The van der Waals surface area contributed by atoms with Crippen LogP contribution in [-0.2, 0) is 27.9 Å². The number of aromatic nitrogens is 2. The minimum atomic E-state index is -3.69. The van der Waals surface area contributed by atoms with E-state index in [0.717, 1.165) is 38.0 Å². The number of halogens is 1. The van der Waals surface area contributed by atoms with Crippen LogP contribution >= 0.6 is 0 Å². The number of sulfonamides is 1. The molecule has 0 aliphatic carbocycles. The first-order valence-corrected chi connectivity index (χ1v) is 13.6. The summed E-state index contributed by atoms with van der Waals surface area (Å²) >= 11 is 0. The third-order valence-electron chi connectivity index (χ3n) is 6.93. The lowest BCUT2D eigenvalue weighted by Crippen LogP contribution is -2.46. The van der Waals surface area contributed by atoms with Gasteiger partial charge in [0.1, 0.15) is 5.82 Å². The van der Waals surface area contributed by atoms with Crippen LogP contribution in [0.4, 0.5) is 4.39 Å². The Kier molecular flexibility index (Phi) is 8.00. The van der Waals surface area contributed by atoms with Crippen LogP contribution in [0, 0.1) is 17.7 Å². The van der Waals surface area contributed by atoms with Gasteiger partial charge < -0.3 is 9.88 Å². The lowest BCUT2D eigenvalue weighted by atomic mass is 9.95. The van der Waals surface area contributed by atoms with Crippen molar-refractivity contribution in [1.82, 2.24) is 24.1 Å². The molecule has 2 fully saturated rings. The van der Waals surface area contributed by atoms with Crippen LogP contribution in [0.15, 0.2) is 41.8 Å². The third kappa shape index (κ3) is 6.03. The van der Waals surface area contributed by atoms with Crippen molar-refractivity contribution >= 4 is 15.9 Å². The van der Waals surface area contributed by atoms with Crippen LogP contribution in [0.25, 0.3) is 0 Å². The molecule has 0 bridgehead atoms. The topological polar surface area (TPSA) is 87.5 Å². The normalized spacial score (nSPS) is 20.9. The van der Waals surface area contributed by atoms with E-state index in [1.54, 1.807) is 10.8 Å². The predicted octanol–water partition coefficient (Wildman–Crippen LogP) is 2.47. The molecule has 8 nitrogen and oxygen atoms in total. The molecular weight excluding hydrogens is 457 g/mol. The smallest absolute Gasteiger partial charge is 0.262 e. The molecule has 1 amide bonds. The average Bonchev–Trinajstić information content (AvgIpc) is 3.35. The van der Waals surface area contributed by atoms with Crippen molar-refractivity contribution in [1.29, 1.82) is 0 Å². The molecule has 0 saturated carbocycles. The van der Waals surface area contributed by atoms with Crippen LogP contribution in [0.1, 0.15) is 38.2 Å². The van der Waals surface area contributed by atoms with E-state index in [2.05, 4.69) is 15.2 Å². The van der Waals surface area contributed by atoms with Crippen molar-refractivity contribution in [2.24, 2.45) is 11.8 Å². The number of hydrogen-bond donors (Lipinski definition) is 1. The number of hydrogen-bond acceptors (Lipinski definition) is 5. The van der Waals surface area contributed by atoms with Crippen molar-refractivity contribution < 1.29 is 17.6 Å². The molecule has 1 N–H and O–H groups in total. The molecular formula is C24H34FN5O3S. The fraction of sp³-hybridized carbons (Fsp3) is 0.583. The highest BCUT2D eigenvalue weighted by Crippen LogP contribution is 2.24. The number of likely N-dealkylation sites (tertiary alicyclic amines) is 1. The Morgan fingerprint density at radius 2 is 1.88 bits per heavy atom. The minimum Gasteiger partial charge on any atom is -0.356 e. The molecule has 4 rings (SSSR count). The zero-order chi connectivity index (χ0) is 24.1. The van der Waals surface area contributed by atoms with Gasteiger partial charge in [-0.1, -0.05) is 12.1 Å². The van der Waals surface area contributed by atoms with E-state index < -0.39 is 10.0 Å². The van der Waals surface area contributed by atoms with Gasteiger partial charge in [-0.3, -0.25) is 9.69 Å². The van der Waals surface area contributed by atoms with Crippen molar-refractivity contribution in [2.75, 3.05) is 32.7 Å². The first-order chi connectivity index (χ1) is 16.3. The first kappa shape index (κ1) is 24.8. The summed E-state index contributed by atoms with van der Waals surface area (Å²) in [7, 11) is -3.69. The number of rotatable bonds is 8. The van der Waals surface area contributed by atoms with Gasteiger partial charge >= 0.3 is 0 Å². The number of carbonyl (C=O) groups is 1. The summed E-state index contributed by atoms with van der Waals surface area (Å²) in [4.78, 5) is 19.2. The molecule has 10 heteroatoms. The van der Waals surface area contributed by atoms with Crippen molar-refractivity contribution in [2.45, 2.75) is 50.7 Å². The molecule has 2 aliphatic rings. The summed E-state index contributed by atoms with van der Waals surface area (Å²) in [5.41, 5.74) is 1.10. The number of aryl methyl sites for hydroxylation is 1. The molecule has 34 heavy (non-hydrogen) atoms. The van der Waals surface area contributed by atoms with E-state index >= 15 is 0 Å². The second-order valence-electron chi connectivity index (χ2n) is 9.34. The summed E-state index contributed by atoms with van der Waals surface area (Å²) in [6.07, 6.45) is 6.40. The lowest BCUT2D eigenvalue weighted by molar-refractivity contribution is -0.126. The Bertz CT molecular complexity index is 1060. The van der Waals surface area contributed by atoms with Crippen molar-refractivity contribution in [3.8, 4) is 0 Å². The van der Waals surface area contributed by atoms with Gasteiger partial charge in [-0.2, -0.15) is 4.31 Å². The maximum Gasteiger partial charge on any atom is 0.262 e. The second kappa shape index (κ2) is 11.0. The van der Waals surface area contributed by atoms with Crippen molar-refractivity contribution in [3.63, 3.8) is 0 Å². The minimum absolute atomic E-state index is 0.0443. The first-order valence-electron chi connectivity index (χ1n) is 12.1. The van der Waals surface area contributed by atoms with Gasteiger partial charge in [-0.25, -0.2) is 17.8 Å². The zero-order valence-electron chi connectivity index (χ0n) is 19.7. The monoisotopic (exact) mass is 491 g/mol. The molecule has 3 heterocycles.